The van der Waals surface area contributed by atoms with Gasteiger partial charge in [0.1, 0.15) is 0 Å². The van der Waals surface area contributed by atoms with E-state index in [9.17, 15) is 8.42 Å². The minimum absolute atomic E-state index is 0.205. The Bertz CT molecular complexity index is 1090. The van der Waals surface area contributed by atoms with Gasteiger partial charge in [-0.05, 0) is 43.0 Å². The Labute approximate surface area is 175 Å². The summed E-state index contributed by atoms with van der Waals surface area (Å²) in [5.41, 5.74) is 1.85. The molecule has 9 nitrogen and oxygen atoms in total. The lowest BCUT2D eigenvalue weighted by Crippen LogP contribution is -2.22. The normalized spacial score (nSPS) is 15.4. The molecule has 3 aromatic rings. The van der Waals surface area contributed by atoms with Crippen molar-refractivity contribution in [2.45, 2.75) is 43.9 Å². The SMILES string of the molecule is CCNS(=O)(=O)c1ccc(Nc2nc(OCC3CCCCC3)c3nc[nH]c3n2)cc1. The van der Waals surface area contributed by atoms with Crippen LogP contribution in [0.3, 0.4) is 0 Å². The summed E-state index contributed by atoms with van der Waals surface area (Å²) in [5.74, 6) is 1.35. The van der Waals surface area contributed by atoms with Gasteiger partial charge in [-0.25, -0.2) is 18.1 Å². The molecule has 10 heteroatoms. The molecule has 1 saturated carbocycles. The van der Waals surface area contributed by atoms with Crippen molar-refractivity contribution >= 4 is 32.8 Å². The Hall–Kier alpha value is -2.72. The molecule has 2 heterocycles. The molecule has 0 bridgehead atoms. The van der Waals surface area contributed by atoms with Crippen LogP contribution in [0.15, 0.2) is 35.5 Å². The minimum Gasteiger partial charge on any atom is -0.476 e. The number of hydrogen-bond acceptors (Lipinski definition) is 7. The van der Waals surface area contributed by atoms with Crippen molar-refractivity contribution in [3.05, 3.63) is 30.6 Å². The molecular weight excluding hydrogens is 404 g/mol. The number of hydrogen-bond donors (Lipinski definition) is 3. The van der Waals surface area contributed by atoms with E-state index in [1.165, 1.54) is 44.2 Å². The molecule has 160 valence electrons. The average Bonchev–Trinajstić information content (AvgIpc) is 3.22. The Morgan fingerprint density at radius 3 is 2.63 bits per heavy atom. The van der Waals surface area contributed by atoms with Gasteiger partial charge in [-0.2, -0.15) is 9.97 Å². The molecule has 0 radical (unpaired) electrons. The first kappa shape index (κ1) is 20.5. The standard InChI is InChI=1S/C20H26N6O3S/c1-2-23-30(27,28)16-10-8-15(9-11-16)24-20-25-18-17(21-13-22-18)19(26-20)29-12-14-6-4-3-5-7-14/h8-11,13-14,23H,2-7,12H2,1H3,(H2,21,22,24,25,26). The number of rotatable bonds is 8. The van der Waals surface area contributed by atoms with Gasteiger partial charge in [0.15, 0.2) is 11.2 Å². The van der Waals surface area contributed by atoms with Gasteiger partial charge in [-0.15, -0.1) is 0 Å². The van der Waals surface area contributed by atoms with Gasteiger partial charge in [-0.3, -0.25) is 0 Å². The summed E-state index contributed by atoms with van der Waals surface area (Å²) in [4.78, 5) is 16.4. The van der Waals surface area contributed by atoms with Crippen LogP contribution in [0.1, 0.15) is 39.0 Å². The second-order valence-electron chi connectivity index (χ2n) is 7.42. The summed E-state index contributed by atoms with van der Waals surface area (Å²) in [6.07, 6.45) is 7.74. The van der Waals surface area contributed by atoms with Gasteiger partial charge in [0, 0.05) is 12.2 Å². The molecule has 1 aromatic carbocycles. The molecule has 1 fully saturated rings. The third-order valence-corrected chi connectivity index (χ3v) is 6.74. The number of nitrogens with one attached hydrogen (secondary N) is 3. The largest absolute Gasteiger partial charge is 0.476 e. The first-order valence-electron chi connectivity index (χ1n) is 10.3. The molecule has 2 aromatic heterocycles. The highest BCUT2D eigenvalue weighted by atomic mass is 32.2. The van der Waals surface area contributed by atoms with E-state index in [0.717, 1.165) is 0 Å². The number of nitrogens with zero attached hydrogens (tertiary/aromatic N) is 3. The van der Waals surface area contributed by atoms with Crippen LogP contribution < -0.4 is 14.8 Å². The topological polar surface area (TPSA) is 122 Å². The maximum atomic E-state index is 12.1. The van der Waals surface area contributed by atoms with Crippen molar-refractivity contribution in [2.75, 3.05) is 18.5 Å². The van der Waals surface area contributed by atoms with Crippen LogP contribution in [0.4, 0.5) is 11.6 Å². The third kappa shape index (κ3) is 4.71. The van der Waals surface area contributed by atoms with E-state index in [1.807, 2.05) is 0 Å². The molecule has 1 aliphatic carbocycles. The highest BCUT2D eigenvalue weighted by Crippen LogP contribution is 2.27. The maximum absolute atomic E-state index is 12.1. The summed E-state index contributed by atoms with van der Waals surface area (Å²) >= 11 is 0. The van der Waals surface area contributed by atoms with E-state index in [2.05, 4.69) is 30.0 Å². The number of aromatic amines is 1. The monoisotopic (exact) mass is 430 g/mol. The zero-order valence-electron chi connectivity index (χ0n) is 16.9. The van der Waals surface area contributed by atoms with Gasteiger partial charge >= 0.3 is 0 Å². The van der Waals surface area contributed by atoms with E-state index in [0.29, 0.717) is 47.7 Å². The quantitative estimate of drug-likeness (QED) is 0.501. The van der Waals surface area contributed by atoms with Crippen molar-refractivity contribution in [2.24, 2.45) is 5.92 Å². The fourth-order valence-corrected chi connectivity index (χ4v) is 4.68. The summed E-state index contributed by atoms with van der Waals surface area (Å²) in [5, 5.41) is 3.11. The molecule has 0 aliphatic heterocycles. The Morgan fingerprint density at radius 1 is 1.13 bits per heavy atom. The summed E-state index contributed by atoms with van der Waals surface area (Å²) < 4.78 is 32.7. The Morgan fingerprint density at radius 2 is 1.90 bits per heavy atom. The van der Waals surface area contributed by atoms with Gasteiger partial charge in [0.05, 0.1) is 17.8 Å². The van der Waals surface area contributed by atoms with Gasteiger partial charge in [-0.1, -0.05) is 26.2 Å². The second kappa shape index (κ2) is 8.97. The van der Waals surface area contributed by atoms with Crippen molar-refractivity contribution in [1.29, 1.82) is 0 Å². The Kier molecular flexibility index (Phi) is 6.14. The fraction of sp³-hybridized carbons (Fsp3) is 0.450. The molecule has 1 aliphatic rings. The summed E-state index contributed by atoms with van der Waals surface area (Å²) in [6, 6.07) is 6.42. The zero-order chi connectivity index (χ0) is 21.0. The lowest BCUT2D eigenvalue weighted by molar-refractivity contribution is 0.205. The number of aromatic nitrogens is 4. The van der Waals surface area contributed by atoms with Gasteiger partial charge in [0.2, 0.25) is 21.9 Å². The number of fused-ring (bicyclic) bond motifs is 1. The van der Waals surface area contributed by atoms with Crippen LogP contribution >= 0.6 is 0 Å². The molecule has 0 amide bonds. The van der Waals surface area contributed by atoms with Crippen molar-refractivity contribution in [3.8, 4) is 5.88 Å². The predicted molar refractivity (Wildman–Crippen MR) is 114 cm³/mol. The van der Waals surface area contributed by atoms with Crippen LogP contribution in [0.25, 0.3) is 11.2 Å². The first-order valence-corrected chi connectivity index (χ1v) is 11.7. The van der Waals surface area contributed by atoms with Crippen LogP contribution in [0, 0.1) is 5.92 Å². The second-order valence-corrected chi connectivity index (χ2v) is 9.18. The average molecular weight is 431 g/mol. The van der Waals surface area contributed by atoms with Crippen LogP contribution in [-0.4, -0.2) is 41.5 Å². The van der Waals surface area contributed by atoms with E-state index in [-0.39, 0.29) is 4.90 Å². The van der Waals surface area contributed by atoms with Gasteiger partial charge in [0.25, 0.3) is 0 Å². The molecule has 4 rings (SSSR count). The lowest BCUT2D eigenvalue weighted by Gasteiger charge is -2.21. The number of anilines is 2. The number of imidazole rings is 1. The molecular formula is C20H26N6O3S. The summed E-state index contributed by atoms with van der Waals surface area (Å²) in [7, 11) is -3.49. The molecule has 0 unspecified atom stereocenters. The number of benzene rings is 1. The fourth-order valence-electron chi connectivity index (χ4n) is 3.64. The molecule has 0 spiro atoms. The van der Waals surface area contributed by atoms with E-state index in [4.69, 9.17) is 4.74 Å². The Balaban J connectivity index is 1.51. The van der Waals surface area contributed by atoms with E-state index >= 15 is 0 Å². The van der Waals surface area contributed by atoms with Crippen LogP contribution in [0.2, 0.25) is 0 Å². The molecule has 3 N–H and O–H groups in total. The smallest absolute Gasteiger partial charge is 0.247 e. The highest BCUT2D eigenvalue weighted by molar-refractivity contribution is 7.89. The van der Waals surface area contributed by atoms with Crippen LogP contribution in [-0.2, 0) is 10.0 Å². The number of ether oxygens (including phenoxy) is 1. The van der Waals surface area contributed by atoms with E-state index in [1.54, 1.807) is 25.4 Å². The third-order valence-electron chi connectivity index (χ3n) is 5.18. The molecule has 0 saturated heterocycles. The van der Waals surface area contributed by atoms with Crippen molar-refractivity contribution in [3.63, 3.8) is 0 Å². The minimum atomic E-state index is -3.49. The molecule has 0 atom stereocenters. The maximum Gasteiger partial charge on any atom is 0.247 e. The lowest BCUT2D eigenvalue weighted by atomic mass is 9.90. The predicted octanol–water partition coefficient (Wildman–Crippen LogP) is 3.35. The van der Waals surface area contributed by atoms with Crippen molar-refractivity contribution in [1.82, 2.24) is 24.7 Å². The first-order chi connectivity index (χ1) is 14.5. The molecule has 30 heavy (non-hydrogen) atoms. The van der Waals surface area contributed by atoms with E-state index < -0.39 is 10.0 Å². The number of H-pyrrole nitrogens is 1. The van der Waals surface area contributed by atoms with Gasteiger partial charge < -0.3 is 15.0 Å². The number of sulfonamides is 1. The highest BCUT2D eigenvalue weighted by Gasteiger charge is 2.17. The van der Waals surface area contributed by atoms with Crippen molar-refractivity contribution < 1.29 is 13.2 Å². The van der Waals surface area contributed by atoms with Crippen LogP contribution in [0.5, 0.6) is 5.88 Å². The zero-order valence-corrected chi connectivity index (χ0v) is 17.7. The summed E-state index contributed by atoms with van der Waals surface area (Å²) in [6.45, 7) is 2.70.